The smallest absolute Gasteiger partial charge is 0.194 e. The SMILES string of the molecule is CCC(C)(CCO)NCc1cc(F)c(F)c(F)c1. The predicted octanol–water partition coefficient (Wildman–Crippen LogP) is 2.74. The van der Waals surface area contributed by atoms with Crippen LogP contribution in [0.1, 0.15) is 32.3 Å². The molecule has 0 aliphatic heterocycles. The minimum atomic E-state index is -1.45. The van der Waals surface area contributed by atoms with Crippen LogP contribution in [-0.4, -0.2) is 17.3 Å². The third kappa shape index (κ3) is 3.71. The van der Waals surface area contributed by atoms with Gasteiger partial charge in [-0.15, -0.1) is 0 Å². The lowest BCUT2D eigenvalue weighted by atomic mass is 9.94. The minimum absolute atomic E-state index is 0.0312. The van der Waals surface area contributed by atoms with E-state index in [1.165, 1.54) is 0 Å². The fraction of sp³-hybridized carbons (Fsp3) is 0.538. The third-order valence-electron chi connectivity index (χ3n) is 3.21. The molecule has 0 aromatic heterocycles. The number of nitrogens with one attached hydrogen (secondary N) is 1. The van der Waals surface area contributed by atoms with Crippen molar-refractivity contribution in [2.75, 3.05) is 6.61 Å². The van der Waals surface area contributed by atoms with Crippen LogP contribution in [0.15, 0.2) is 12.1 Å². The largest absolute Gasteiger partial charge is 0.396 e. The van der Waals surface area contributed by atoms with Crippen LogP contribution in [0.2, 0.25) is 0 Å². The maximum Gasteiger partial charge on any atom is 0.194 e. The molecule has 2 nitrogen and oxygen atoms in total. The molecule has 0 saturated heterocycles. The molecular weight excluding hydrogens is 243 g/mol. The Kier molecular flexibility index (Phi) is 5.16. The zero-order valence-corrected chi connectivity index (χ0v) is 10.6. The molecule has 18 heavy (non-hydrogen) atoms. The van der Waals surface area contributed by atoms with Crippen LogP contribution in [0.4, 0.5) is 13.2 Å². The van der Waals surface area contributed by atoms with Gasteiger partial charge in [0.25, 0.3) is 0 Å². The van der Waals surface area contributed by atoms with Crippen LogP contribution >= 0.6 is 0 Å². The van der Waals surface area contributed by atoms with E-state index in [9.17, 15) is 13.2 Å². The van der Waals surface area contributed by atoms with Gasteiger partial charge in [0, 0.05) is 18.7 Å². The molecule has 1 aromatic carbocycles. The molecule has 2 N–H and O–H groups in total. The number of hydrogen-bond acceptors (Lipinski definition) is 2. The van der Waals surface area contributed by atoms with Gasteiger partial charge in [-0.05, 0) is 37.5 Å². The van der Waals surface area contributed by atoms with E-state index < -0.39 is 17.5 Å². The lowest BCUT2D eigenvalue weighted by molar-refractivity contribution is 0.214. The quantitative estimate of drug-likeness (QED) is 0.772. The molecule has 0 saturated carbocycles. The topological polar surface area (TPSA) is 32.3 Å². The molecule has 1 unspecified atom stereocenters. The Hall–Kier alpha value is -1.07. The predicted molar refractivity (Wildman–Crippen MR) is 63.6 cm³/mol. The molecule has 0 bridgehead atoms. The van der Waals surface area contributed by atoms with Crippen LogP contribution in [0.25, 0.3) is 0 Å². The molecule has 0 heterocycles. The van der Waals surface area contributed by atoms with Gasteiger partial charge in [-0.25, -0.2) is 13.2 Å². The number of rotatable bonds is 6. The number of aliphatic hydroxyl groups excluding tert-OH is 1. The molecule has 102 valence electrons. The Bertz CT molecular complexity index is 388. The van der Waals surface area contributed by atoms with E-state index >= 15 is 0 Å². The van der Waals surface area contributed by atoms with Gasteiger partial charge in [-0.2, -0.15) is 0 Å². The molecule has 1 atom stereocenters. The number of hydrogen-bond donors (Lipinski definition) is 2. The fourth-order valence-electron chi connectivity index (χ4n) is 1.66. The maximum absolute atomic E-state index is 13.0. The van der Waals surface area contributed by atoms with Crippen LogP contribution in [0.5, 0.6) is 0 Å². The molecular formula is C13H18F3NO. The Morgan fingerprint density at radius 1 is 1.22 bits per heavy atom. The van der Waals surface area contributed by atoms with Crippen LogP contribution < -0.4 is 5.32 Å². The number of halogens is 3. The van der Waals surface area contributed by atoms with E-state index in [1.54, 1.807) is 0 Å². The van der Waals surface area contributed by atoms with Crippen molar-refractivity contribution in [3.63, 3.8) is 0 Å². The minimum Gasteiger partial charge on any atom is -0.396 e. The molecule has 0 aliphatic carbocycles. The van der Waals surface area contributed by atoms with Crippen molar-refractivity contribution < 1.29 is 18.3 Å². The molecule has 0 radical (unpaired) electrons. The lowest BCUT2D eigenvalue weighted by Gasteiger charge is -2.29. The zero-order chi connectivity index (χ0) is 13.8. The fourth-order valence-corrected chi connectivity index (χ4v) is 1.66. The maximum atomic E-state index is 13.0. The van der Waals surface area contributed by atoms with Crippen molar-refractivity contribution in [1.82, 2.24) is 5.32 Å². The molecule has 1 rings (SSSR count). The normalized spacial score (nSPS) is 14.6. The monoisotopic (exact) mass is 261 g/mol. The number of aliphatic hydroxyl groups is 1. The average molecular weight is 261 g/mol. The van der Waals surface area contributed by atoms with Crippen molar-refractivity contribution in [2.24, 2.45) is 0 Å². The van der Waals surface area contributed by atoms with E-state index in [-0.39, 0.29) is 18.7 Å². The van der Waals surface area contributed by atoms with Crippen molar-refractivity contribution in [2.45, 2.75) is 38.8 Å². The summed E-state index contributed by atoms with van der Waals surface area (Å²) in [5, 5.41) is 12.1. The van der Waals surface area contributed by atoms with E-state index in [0.717, 1.165) is 18.6 Å². The summed E-state index contributed by atoms with van der Waals surface area (Å²) >= 11 is 0. The summed E-state index contributed by atoms with van der Waals surface area (Å²) in [6, 6.07) is 1.95. The first-order chi connectivity index (χ1) is 8.41. The van der Waals surface area contributed by atoms with Gasteiger partial charge < -0.3 is 10.4 Å². The first-order valence-electron chi connectivity index (χ1n) is 5.91. The van der Waals surface area contributed by atoms with E-state index in [2.05, 4.69) is 5.32 Å². The summed E-state index contributed by atoms with van der Waals surface area (Å²) in [6.45, 7) is 4.12. The van der Waals surface area contributed by atoms with Gasteiger partial charge in [0.05, 0.1) is 0 Å². The summed E-state index contributed by atoms with van der Waals surface area (Å²) in [5.74, 6) is -3.83. The lowest BCUT2D eigenvalue weighted by Crippen LogP contribution is -2.42. The van der Waals surface area contributed by atoms with Gasteiger partial charge >= 0.3 is 0 Å². The Balaban J connectivity index is 2.74. The average Bonchev–Trinajstić information content (AvgIpc) is 2.33. The van der Waals surface area contributed by atoms with E-state index in [1.807, 2.05) is 13.8 Å². The van der Waals surface area contributed by atoms with Gasteiger partial charge in [0.1, 0.15) is 0 Å². The molecule has 0 aliphatic rings. The van der Waals surface area contributed by atoms with Gasteiger partial charge in [-0.3, -0.25) is 0 Å². The Morgan fingerprint density at radius 3 is 2.22 bits per heavy atom. The van der Waals surface area contributed by atoms with Crippen LogP contribution in [0.3, 0.4) is 0 Å². The van der Waals surface area contributed by atoms with Crippen molar-refractivity contribution >= 4 is 0 Å². The molecule has 0 spiro atoms. The second-order valence-corrected chi connectivity index (χ2v) is 4.61. The highest BCUT2D eigenvalue weighted by Gasteiger charge is 2.20. The standard InChI is InChI=1S/C13H18F3NO/c1-3-13(2,4-5-18)17-8-9-6-10(14)12(16)11(15)7-9/h6-7,17-18H,3-5,8H2,1-2H3. The molecule has 1 aromatic rings. The highest BCUT2D eigenvalue weighted by atomic mass is 19.2. The summed E-state index contributed by atoms with van der Waals surface area (Å²) in [6.07, 6.45) is 1.30. The van der Waals surface area contributed by atoms with Crippen LogP contribution in [0, 0.1) is 17.5 Å². The summed E-state index contributed by atoms with van der Waals surface area (Å²) in [5.41, 5.74) is 0.0276. The summed E-state index contributed by atoms with van der Waals surface area (Å²) in [4.78, 5) is 0. The van der Waals surface area contributed by atoms with Crippen molar-refractivity contribution in [3.05, 3.63) is 35.1 Å². The zero-order valence-electron chi connectivity index (χ0n) is 10.6. The second kappa shape index (κ2) is 6.20. The number of benzene rings is 1. The van der Waals surface area contributed by atoms with Crippen LogP contribution in [-0.2, 0) is 6.54 Å². The van der Waals surface area contributed by atoms with Crippen molar-refractivity contribution in [3.8, 4) is 0 Å². The third-order valence-corrected chi connectivity index (χ3v) is 3.21. The van der Waals surface area contributed by atoms with Crippen molar-refractivity contribution in [1.29, 1.82) is 0 Å². The Labute approximate surface area is 105 Å². The second-order valence-electron chi connectivity index (χ2n) is 4.61. The highest BCUT2D eigenvalue weighted by Crippen LogP contribution is 2.17. The molecule has 5 heteroatoms. The Morgan fingerprint density at radius 2 is 1.78 bits per heavy atom. The van der Waals surface area contributed by atoms with Gasteiger partial charge in [-0.1, -0.05) is 6.92 Å². The molecule has 0 amide bonds. The van der Waals surface area contributed by atoms with E-state index in [4.69, 9.17) is 5.11 Å². The first kappa shape index (κ1) is 15.0. The van der Waals surface area contributed by atoms with E-state index in [0.29, 0.717) is 12.0 Å². The molecule has 0 fully saturated rings. The van der Waals surface area contributed by atoms with Gasteiger partial charge in [0.2, 0.25) is 0 Å². The summed E-state index contributed by atoms with van der Waals surface area (Å²) in [7, 11) is 0. The highest BCUT2D eigenvalue weighted by molar-refractivity contribution is 5.19. The summed E-state index contributed by atoms with van der Waals surface area (Å²) < 4.78 is 38.8. The first-order valence-corrected chi connectivity index (χ1v) is 5.91. The van der Waals surface area contributed by atoms with Gasteiger partial charge in [0.15, 0.2) is 17.5 Å².